The quantitative estimate of drug-likeness (QED) is 0.756. The van der Waals surface area contributed by atoms with E-state index in [1.165, 1.54) is 5.56 Å². The van der Waals surface area contributed by atoms with E-state index in [-0.39, 0.29) is 12.4 Å². The zero-order valence-electron chi connectivity index (χ0n) is 10.7. The molecule has 0 aliphatic rings. The smallest absolute Gasteiger partial charge is 0.201 e. The Morgan fingerprint density at radius 3 is 2.83 bits per heavy atom. The van der Waals surface area contributed by atoms with E-state index >= 15 is 0 Å². The van der Waals surface area contributed by atoms with E-state index in [2.05, 4.69) is 6.92 Å². The molecule has 0 radical (unpaired) electrons. The average Bonchev–Trinajstić information content (AvgIpc) is 2.83. The lowest BCUT2D eigenvalue weighted by Crippen LogP contribution is -2.11. The van der Waals surface area contributed by atoms with Gasteiger partial charge in [-0.05, 0) is 30.2 Å². The number of aryl methyl sites for hydroxylation is 2. The summed E-state index contributed by atoms with van der Waals surface area (Å²) in [4.78, 5) is 11.8. The number of Topliss-reactive ketones (excluding diaryl/α,β-unsaturated/α-hetero) is 1. The molecule has 94 valence electrons. The summed E-state index contributed by atoms with van der Waals surface area (Å²) in [6.07, 6.45) is 4.61. The van der Waals surface area contributed by atoms with Gasteiger partial charge < -0.3 is 9.30 Å². The first-order valence-electron chi connectivity index (χ1n) is 6.06. The van der Waals surface area contributed by atoms with Crippen LogP contribution in [-0.4, -0.2) is 17.0 Å². The number of aromatic nitrogens is 1. The van der Waals surface area contributed by atoms with Gasteiger partial charge in [0.15, 0.2) is 6.61 Å². The third-order valence-corrected chi connectivity index (χ3v) is 2.83. The number of carbonyl (C=O) groups excluding carboxylic acids is 1. The molecule has 0 bridgehead atoms. The summed E-state index contributed by atoms with van der Waals surface area (Å²) in [5, 5.41) is 0. The van der Waals surface area contributed by atoms with Gasteiger partial charge in [0, 0.05) is 25.0 Å². The fraction of sp³-hybridized carbons (Fsp3) is 0.267. The van der Waals surface area contributed by atoms with Crippen molar-refractivity contribution in [3.63, 3.8) is 0 Å². The summed E-state index contributed by atoms with van der Waals surface area (Å²) < 4.78 is 7.37. The number of ketones is 1. The SMILES string of the molecule is CCc1cccc(OCC(=O)c2ccn(C)c2)c1. The Morgan fingerprint density at radius 2 is 2.17 bits per heavy atom. The molecule has 0 saturated carbocycles. The average molecular weight is 243 g/mol. The lowest BCUT2D eigenvalue weighted by Gasteiger charge is -2.06. The molecular formula is C15H17NO2. The Hall–Kier alpha value is -2.03. The predicted octanol–water partition coefficient (Wildman–Crippen LogP) is 2.85. The first-order valence-corrected chi connectivity index (χ1v) is 6.06. The highest BCUT2D eigenvalue weighted by Gasteiger charge is 2.07. The van der Waals surface area contributed by atoms with Crippen LogP contribution >= 0.6 is 0 Å². The minimum Gasteiger partial charge on any atom is -0.485 e. The Labute approximate surface area is 107 Å². The normalized spacial score (nSPS) is 10.3. The summed E-state index contributed by atoms with van der Waals surface area (Å²) >= 11 is 0. The molecular weight excluding hydrogens is 226 g/mol. The lowest BCUT2D eigenvalue weighted by molar-refractivity contribution is 0.0921. The van der Waals surface area contributed by atoms with E-state index in [0.717, 1.165) is 12.2 Å². The highest BCUT2D eigenvalue weighted by atomic mass is 16.5. The maximum atomic E-state index is 11.8. The molecule has 0 aliphatic heterocycles. The zero-order valence-corrected chi connectivity index (χ0v) is 10.7. The van der Waals surface area contributed by atoms with Crippen LogP contribution in [0.15, 0.2) is 42.7 Å². The van der Waals surface area contributed by atoms with Crippen molar-refractivity contribution in [3.8, 4) is 5.75 Å². The third-order valence-electron chi connectivity index (χ3n) is 2.83. The van der Waals surface area contributed by atoms with Crippen molar-refractivity contribution in [3.05, 3.63) is 53.9 Å². The minimum atomic E-state index is -0.00231. The molecule has 2 rings (SSSR count). The largest absolute Gasteiger partial charge is 0.485 e. The number of ether oxygens (including phenoxy) is 1. The van der Waals surface area contributed by atoms with Crippen LogP contribution in [0.25, 0.3) is 0 Å². The molecule has 0 amide bonds. The maximum absolute atomic E-state index is 11.8. The molecule has 0 aliphatic carbocycles. The zero-order chi connectivity index (χ0) is 13.0. The van der Waals surface area contributed by atoms with Crippen molar-refractivity contribution >= 4 is 5.78 Å². The van der Waals surface area contributed by atoms with Gasteiger partial charge in [-0.15, -0.1) is 0 Å². The molecule has 2 aromatic rings. The molecule has 1 aromatic carbocycles. The van der Waals surface area contributed by atoms with Gasteiger partial charge in [0.2, 0.25) is 5.78 Å². The molecule has 0 unspecified atom stereocenters. The van der Waals surface area contributed by atoms with Crippen LogP contribution in [0.5, 0.6) is 5.75 Å². The summed E-state index contributed by atoms with van der Waals surface area (Å²) in [7, 11) is 1.89. The van der Waals surface area contributed by atoms with Crippen LogP contribution < -0.4 is 4.74 Å². The summed E-state index contributed by atoms with van der Waals surface area (Å²) in [5.74, 6) is 0.746. The van der Waals surface area contributed by atoms with Crippen molar-refractivity contribution < 1.29 is 9.53 Å². The van der Waals surface area contributed by atoms with Gasteiger partial charge in [-0.3, -0.25) is 4.79 Å². The van der Waals surface area contributed by atoms with E-state index in [4.69, 9.17) is 4.74 Å². The van der Waals surface area contributed by atoms with Crippen LogP contribution in [0.3, 0.4) is 0 Å². The third kappa shape index (κ3) is 3.00. The van der Waals surface area contributed by atoms with E-state index in [9.17, 15) is 4.79 Å². The van der Waals surface area contributed by atoms with E-state index in [0.29, 0.717) is 5.56 Å². The number of hydrogen-bond acceptors (Lipinski definition) is 2. The van der Waals surface area contributed by atoms with Crippen molar-refractivity contribution in [1.82, 2.24) is 4.57 Å². The fourth-order valence-corrected chi connectivity index (χ4v) is 1.76. The number of rotatable bonds is 5. The van der Waals surface area contributed by atoms with E-state index in [1.54, 1.807) is 12.3 Å². The van der Waals surface area contributed by atoms with Crippen LogP contribution in [-0.2, 0) is 13.5 Å². The van der Waals surface area contributed by atoms with E-state index < -0.39 is 0 Å². The van der Waals surface area contributed by atoms with Crippen molar-refractivity contribution in [2.75, 3.05) is 6.61 Å². The van der Waals surface area contributed by atoms with Gasteiger partial charge in [0.25, 0.3) is 0 Å². The van der Waals surface area contributed by atoms with Gasteiger partial charge >= 0.3 is 0 Å². The van der Waals surface area contributed by atoms with Crippen molar-refractivity contribution in [2.24, 2.45) is 7.05 Å². The minimum absolute atomic E-state index is 0.00231. The standard InChI is InChI=1S/C15H17NO2/c1-3-12-5-4-6-14(9-12)18-11-15(17)13-7-8-16(2)10-13/h4-10H,3,11H2,1-2H3. The molecule has 0 saturated heterocycles. The molecule has 0 fully saturated rings. The van der Waals surface area contributed by atoms with E-state index in [1.807, 2.05) is 42.1 Å². The summed E-state index contributed by atoms with van der Waals surface area (Å²) in [5.41, 5.74) is 1.89. The van der Waals surface area contributed by atoms with Crippen LogP contribution in [0.4, 0.5) is 0 Å². The Morgan fingerprint density at radius 1 is 1.33 bits per heavy atom. The summed E-state index contributed by atoms with van der Waals surface area (Å²) in [6.45, 7) is 2.17. The highest BCUT2D eigenvalue weighted by molar-refractivity contribution is 5.97. The topological polar surface area (TPSA) is 31.2 Å². The lowest BCUT2D eigenvalue weighted by atomic mass is 10.2. The number of carbonyl (C=O) groups is 1. The van der Waals surface area contributed by atoms with Gasteiger partial charge in [-0.25, -0.2) is 0 Å². The molecule has 1 aromatic heterocycles. The van der Waals surface area contributed by atoms with Gasteiger partial charge in [-0.2, -0.15) is 0 Å². The molecule has 0 spiro atoms. The number of nitrogens with zero attached hydrogens (tertiary/aromatic N) is 1. The molecule has 3 heteroatoms. The second-order valence-corrected chi connectivity index (χ2v) is 4.28. The number of benzene rings is 1. The van der Waals surface area contributed by atoms with Gasteiger partial charge in [-0.1, -0.05) is 19.1 Å². The second kappa shape index (κ2) is 5.54. The fourth-order valence-electron chi connectivity index (χ4n) is 1.76. The first kappa shape index (κ1) is 12.4. The monoisotopic (exact) mass is 243 g/mol. The van der Waals surface area contributed by atoms with Crippen molar-refractivity contribution in [1.29, 1.82) is 0 Å². The van der Waals surface area contributed by atoms with Gasteiger partial charge in [0.1, 0.15) is 5.75 Å². The summed E-state index contributed by atoms with van der Waals surface area (Å²) in [6, 6.07) is 9.64. The molecule has 3 nitrogen and oxygen atoms in total. The van der Waals surface area contributed by atoms with Gasteiger partial charge in [0.05, 0.1) is 0 Å². The van der Waals surface area contributed by atoms with Crippen LogP contribution in [0, 0.1) is 0 Å². The first-order chi connectivity index (χ1) is 8.69. The Balaban J connectivity index is 1.97. The van der Waals surface area contributed by atoms with Crippen LogP contribution in [0.2, 0.25) is 0 Å². The molecule has 0 atom stereocenters. The van der Waals surface area contributed by atoms with Crippen molar-refractivity contribution in [2.45, 2.75) is 13.3 Å². The molecule has 0 N–H and O–H groups in total. The predicted molar refractivity (Wildman–Crippen MR) is 71.1 cm³/mol. The second-order valence-electron chi connectivity index (χ2n) is 4.28. The molecule has 18 heavy (non-hydrogen) atoms. The number of hydrogen-bond donors (Lipinski definition) is 0. The Bertz CT molecular complexity index is 543. The van der Waals surface area contributed by atoms with Crippen LogP contribution in [0.1, 0.15) is 22.8 Å². The highest BCUT2D eigenvalue weighted by Crippen LogP contribution is 2.14. The Kier molecular flexibility index (Phi) is 3.82. The maximum Gasteiger partial charge on any atom is 0.201 e. The molecule has 1 heterocycles.